The van der Waals surface area contributed by atoms with E-state index < -0.39 is 6.04 Å². The number of primary amides is 1. The molecule has 0 bridgehead atoms. The van der Waals surface area contributed by atoms with Crippen molar-refractivity contribution in [3.63, 3.8) is 0 Å². The Labute approximate surface area is 141 Å². The summed E-state index contributed by atoms with van der Waals surface area (Å²) in [6.07, 6.45) is 2.28. The minimum absolute atomic E-state index is 0.379. The van der Waals surface area contributed by atoms with Crippen LogP contribution in [0.25, 0.3) is 0 Å². The maximum absolute atomic E-state index is 11.7. The first-order chi connectivity index (χ1) is 11.7. The zero-order valence-electron chi connectivity index (χ0n) is 13.5. The lowest BCUT2D eigenvalue weighted by molar-refractivity contribution is -0.118. The smallest absolute Gasteiger partial charge is 0.240 e. The van der Waals surface area contributed by atoms with Gasteiger partial charge in [0.05, 0.1) is 25.1 Å². The van der Waals surface area contributed by atoms with Gasteiger partial charge in [-0.25, -0.2) is 4.98 Å². The number of morpholine rings is 1. The van der Waals surface area contributed by atoms with Crippen LogP contribution < -0.4 is 16.0 Å². The molecular formula is C18H22N4O2. The lowest BCUT2D eigenvalue weighted by Crippen LogP contribution is -2.37. The van der Waals surface area contributed by atoms with Crippen molar-refractivity contribution in [3.8, 4) is 0 Å². The molecule has 2 heterocycles. The number of nitrogens with zero attached hydrogens (tertiary/aromatic N) is 2. The topological polar surface area (TPSA) is 80.5 Å². The molecule has 6 nitrogen and oxygen atoms in total. The van der Waals surface area contributed by atoms with E-state index in [9.17, 15) is 4.79 Å². The third-order valence-electron chi connectivity index (χ3n) is 4.05. The second-order valence-corrected chi connectivity index (χ2v) is 5.79. The SMILES string of the molecule is NC(=O)C(Cc1ccccc1)Nc1ccc(N2CCOCC2)nc1. The van der Waals surface area contributed by atoms with Crippen LogP contribution in [0.1, 0.15) is 5.56 Å². The Kier molecular flexibility index (Phi) is 5.28. The van der Waals surface area contributed by atoms with E-state index in [0.29, 0.717) is 6.42 Å². The summed E-state index contributed by atoms with van der Waals surface area (Å²) in [5.74, 6) is 0.540. The van der Waals surface area contributed by atoms with Gasteiger partial charge in [-0.2, -0.15) is 0 Å². The van der Waals surface area contributed by atoms with Crippen molar-refractivity contribution in [1.29, 1.82) is 0 Å². The number of carbonyl (C=O) groups excluding carboxylic acids is 1. The normalized spacial score (nSPS) is 15.8. The van der Waals surface area contributed by atoms with Crippen molar-refractivity contribution >= 4 is 17.4 Å². The molecule has 1 saturated heterocycles. The lowest BCUT2D eigenvalue weighted by atomic mass is 10.1. The number of hydrogen-bond donors (Lipinski definition) is 2. The molecule has 1 aromatic heterocycles. The fourth-order valence-corrected chi connectivity index (χ4v) is 2.72. The van der Waals surface area contributed by atoms with Crippen LogP contribution in [0.2, 0.25) is 0 Å². The molecule has 0 spiro atoms. The van der Waals surface area contributed by atoms with Crippen LogP contribution in [-0.2, 0) is 16.0 Å². The van der Waals surface area contributed by atoms with Crippen LogP contribution in [0, 0.1) is 0 Å². The highest BCUT2D eigenvalue weighted by atomic mass is 16.5. The van der Waals surface area contributed by atoms with Gasteiger partial charge in [0.2, 0.25) is 5.91 Å². The summed E-state index contributed by atoms with van der Waals surface area (Å²) in [4.78, 5) is 18.4. The van der Waals surface area contributed by atoms with Crippen LogP contribution >= 0.6 is 0 Å². The third-order valence-corrected chi connectivity index (χ3v) is 4.05. The number of pyridine rings is 1. The number of hydrogen-bond acceptors (Lipinski definition) is 5. The van der Waals surface area contributed by atoms with E-state index in [-0.39, 0.29) is 5.91 Å². The Morgan fingerprint density at radius 2 is 1.96 bits per heavy atom. The third kappa shape index (κ3) is 4.23. The Bertz CT molecular complexity index is 654. The quantitative estimate of drug-likeness (QED) is 0.839. The first-order valence-corrected chi connectivity index (χ1v) is 8.11. The van der Waals surface area contributed by atoms with Gasteiger partial charge in [0, 0.05) is 19.5 Å². The molecule has 1 atom stereocenters. The average Bonchev–Trinajstić information content (AvgIpc) is 2.63. The predicted molar refractivity (Wildman–Crippen MR) is 94.0 cm³/mol. The van der Waals surface area contributed by atoms with E-state index >= 15 is 0 Å². The van der Waals surface area contributed by atoms with E-state index in [0.717, 1.165) is 43.4 Å². The largest absolute Gasteiger partial charge is 0.378 e. The van der Waals surface area contributed by atoms with Crippen LogP contribution in [-0.4, -0.2) is 43.2 Å². The van der Waals surface area contributed by atoms with E-state index in [2.05, 4.69) is 15.2 Å². The number of benzene rings is 1. The van der Waals surface area contributed by atoms with Crippen molar-refractivity contribution < 1.29 is 9.53 Å². The highest BCUT2D eigenvalue weighted by Gasteiger charge is 2.17. The summed E-state index contributed by atoms with van der Waals surface area (Å²) >= 11 is 0. The standard InChI is InChI=1S/C18H22N4O2/c19-18(23)16(12-14-4-2-1-3-5-14)21-15-6-7-17(20-13-15)22-8-10-24-11-9-22/h1-7,13,16,21H,8-12H2,(H2,19,23). The first-order valence-electron chi connectivity index (χ1n) is 8.11. The van der Waals surface area contributed by atoms with Crippen molar-refractivity contribution in [3.05, 3.63) is 54.2 Å². The van der Waals surface area contributed by atoms with E-state index in [1.165, 1.54) is 0 Å². The van der Waals surface area contributed by atoms with Crippen molar-refractivity contribution in [2.75, 3.05) is 36.5 Å². The van der Waals surface area contributed by atoms with Gasteiger partial charge in [-0.05, 0) is 17.7 Å². The van der Waals surface area contributed by atoms with Crippen LogP contribution in [0.15, 0.2) is 48.7 Å². The number of carbonyl (C=O) groups is 1. The molecule has 0 saturated carbocycles. The van der Waals surface area contributed by atoms with Gasteiger partial charge in [0.25, 0.3) is 0 Å². The minimum atomic E-state index is -0.469. The zero-order chi connectivity index (χ0) is 16.8. The molecule has 0 aliphatic carbocycles. The van der Waals surface area contributed by atoms with E-state index in [1.54, 1.807) is 6.20 Å². The fraction of sp³-hybridized carbons (Fsp3) is 0.333. The molecule has 24 heavy (non-hydrogen) atoms. The second-order valence-electron chi connectivity index (χ2n) is 5.79. The Morgan fingerprint density at radius 1 is 1.21 bits per heavy atom. The summed E-state index contributed by atoms with van der Waals surface area (Å²) in [5, 5.41) is 3.18. The maximum atomic E-state index is 11.7. The van der Waals surface area contributed by atoms with Gasteiger partial charge in [-0.3, -0.25) is 4.79 Å². The number of nitrogens with two attached hydrogens (primary N) is 1. The number of aromatic nitrogens is 1. The number of rotatable bonds is 6. The Morgan fingerprint density at radius 3 is 2.58 bits per heavy atom. The monoisotopic (exact) mass is 326 g/mol. The molecule has 126 valence electrons. The first kappa shape index (κ1) is 16.3. The molecule has 6 heteroatoms. The minimum Gasteiger partial charge on any atom is -0.378 e. The van der Waals surface area contributed by atoms with Gasteiger partial charge in [-0.15, -0.1) is 0 Å². The van der Waals surface area contributed by atoms with Crippen molar-refractivity contribution in [1.82, 2.24) is 4.98 Å². The Balaban J connectivity index is 1.65. The van der Waals surface area contributed by atoms with E-state index in [4.69, 9.17) is 10.5 Å². The van der Waals surface area contributed by atoms with Gasteiger partial charge < -0.3 is 20.7 Å². The number of anilines is 2. The number of amides is 1. The Hall–Kier alpha value is -2.60. The van der Waals surface area contributed by atoms with Gasteiger partial charge in [0.1, 0.15) is 11.9 Å². The molecule has 0 radical (unpaired) electrons. The molecular weight excluding hydrogens is 304 g/mol. The van der Waals surface area contributed by atoms with E-state index in [1.807, 2.05) is 42.5 Å². The van der Waals surface area contributed by atoms with Crippen molar-refractivity contribution in [2.24, 2.45) is 5.73 Å². The highest BCUT2D eigenvalue weighted by Crippen LogP contribution is 2.17. The molecule has 1 aliphatic rings. The highest BCUT2D eigenvalue weighted by molar-refractivity contribution is 5.83. The summed E-state index contributed by atoms with van der Waals surface area (Å²) in [7, 11) is 0. The number of ether oxygens (including phenoxy) is 1. The summed E-state index contributed by atoms with van der Waals surface area (Å²) in [5.41, 5.74) is 7.38. The second kappa shape index (κ2) is 7.79. The lowest BCUT2D eigenvalue weighted by Gasteiger charge is -2.28. The maximum Gasteiger partial charge on any atom is 0.240 e. The van der Waals surface area contributed by atoms with Crippen LogP contribution in [0.3, 0.4) is 0 Å². The summed E-state index contributed by atoms with van der Waals surface area (Å²) in [6, 6.07) is 13.2. The molecule has 2 aromatic rings. The van der Waals surface area contributed by atoms with Crippen LogP contribution in [0.4, 0.5) is 11.5 Å². The fourth-order valence-electron chi connectivity index (χ4n) is 2.72. The summed E-state index contributed by atoms with van der Waals surface area (Å²) in [6.45, 7) is 3.14. The van der Waals surface area contributed by atoms with Gasteiger partial charge >= 0.3 is 0 Å². The molecule has 3 N–H and O–H groups in total. The zero-order valence-corrected chi connectivity index (χ0v) is 13.5. The number of nitrogens with one attached hydrogen (secondary N) is 1. The van der Waals surface area contributed by atoms with Gasteiger partial charge in [-0.1, -0.05) is 30.3 Å². The van der Waals surface area contributed by atoms with Crippen LogP contribution in [0.5, 0.6) is 0 Å². The molecule has 1 amide bonds. The summed E-state index contributed by atoms with van der Waals surface area (Å²) < 4.78 is 5.35. The van der Waals surface area contributed by atoms with Crippen molar-refractivity contribution in [2.45, 2.75) is 12.5 Å². The molecule has 1 aromatic carbocycles. The predicted octanol–water partition coefficient (Wildman–Crippen LogP) is 1.43. The average molecular weight is 326 g/mol. The molecule has 1 unspecified atom stereocenters. The van der Waals surface area contributed by atoms with Gasteiger partial charge in [0.15, 0.2) is 0 Å². The molecule has 3 rings (SSSR count). The molecule has 1 aliphatic heterocycles. The molecule has 1 fully saturated rings.